The molecule has 0 spiro atoms. The minimum absolute atomic E-state index is 0.0953. The Bertz CT molecular complexity index is 902. The Labute approximate surface area is 155 Å². The van der Waals surface area contributed by atoms with E-state index in [4.69, 9.17) is 11.6 Å². The third-order valence-corrected chi connectivity index (χ3v) is 4.07. The summed E-state index contributed by atoms with van der Waals surface area (Å²) in [6, 6.07) is 13.7. The number of halogens is 2. The normalized spacial score (nSPS) is 10.4. The summed E-state index contributed by atoms with van der Waals surface area (Å²) in [5.74, 6) is -0.343. The standard InChI is InChI=1S/C19H16ClFN4O/c20-16-7-3-1-5-13(16)9-23-19-24-11-15(12-25-19)18(26)22-10-14-6-2-4-8-17(14)21/h1-8,11-12H,9-10H2,(H,22,26)(H,23,24,25). The van der Waals surface area contributed by atoms with Crippen molar-refractivity contribution in [1.29, 1.82) is 0 Å². The van der Waals surface area contributed by atoms with E-state index in [0.29, 0.717) is 28.6 Å². The quantitative estimate of drug-likeness (QED) is 0.692. The molecular formula is C19H16ClFN4O. The van der Waals surface area contributed by atoms with E-state index in [1.165, 1.54) is 18.5 Å². The van der Waals surface area contributed by atoms with Crippen molar-refractivity contribution >= 4 is 23.5 Å². The molecule has 1 amide bonds. The summed E-state index contributed by atoms with van der Waals surface area (Å²) >= 11 is 6.09. The Morgan fingerprint density at radius 2 is 1.62 bits per heavy atom. The molecule has 0 radical (unpaired) electrons. The number of aromatic nitrogens is 2. The van der Waals surface area contributed by atoms with Gasteiger partial charge in [0, 0.05) is 36.1 Å². The summed E-state index contributed by atoms with van der Waals surface area (Å²) in [6.07, 6.45) is 2.83. The molecule has 5 nitrogen and oxygen atoms in total. The van der Waals surface area contributed by atoms with Gasteiger partial charge in [0.1, 0.15) is 5.82 Å². The lowest BCUT2D eigenvalue weighted by Crippen LogP contribution is -2.23. The molecule has 0 aliphatic rings. The molecule has 0 aliphatic carbocycles. The first-order valence-corrected chi connectivity index (χ1v) is 8.32. The maximum atomic E-state index is 13.6. The van der Waals surface area contributed by atoms with Crippen molar-refractivity contribution < 1.29 is 9.18 Å². The highest BCUT2D eigenvalue weighted by molar-refractivity contribution is 6.31. The SMILES string of the molecule is O=C(NCc1ccccc1F)c1cnc(NCc2ccccc2Cl)nc1. The minimum Gasteiger partial charge on any atom is -0.350 e. The second kappa shape index (κ2) is 8.40. The van der Waals surface area contributed by atoms with Crippen LogP contribution in [0.3, 0.4) is 0 Å². The molecule has 3 rings (SSSR count). The summed E-state index contributed by atoms with van der Waals surface area (Å²) in [4.78, 5) is 20.3. The molecule has 1 heterocycles. The molecule has 0 aliphatic heterocycles. The number of anilines is 1. The van der Waals surface area contributed by atoms with Gasteiger partial charge in [-0.05, 0) is 17.7 Å². The van der Waals surface area contributed by atoms with Gasteiger partial charge >= 0.3 is 0 Å². The number of carbonyl (C=O) groups is 1. The van der Waals surface area contributed by atoms with E-state index in [-0.39, 0.29) is 18.3 Å². The van der Waals surface area contributed by atoms with Gasteiger partial charge in [-0.1, -0.05) is 48.0 Å². The topological polar surface area (TPSA) is 66.9 Å². The van der Waals surface area contributed by atoms with Crippen LogP contribution in [0, 0.1) is 5.82 Å². The highest BCUT2D eigenvalue weighted by atomic mass is 35.5. The molecule has 3 aromatic rings. The van der Waals surface area contributed by atoms with E-state index in [0.717, 1.165) is 5.56 Å². The van der Waals surface area contributed by atoms with Crippen molar-refractivity contribution in [1.82, 2.24) is 15.3 Å². The lowest BCUT2D eigenvalue weighted by Gasteiger charge is -2.08. The van der Waals surface area contributed by atoms with E-state index < -0.39 is 0 Å². The van der Waals surface area contributed by atoms with E-state index in [9.17, 15) is 9.18 Å². The second-order valence-corrected chi connectivity index (χ2v) is 5.92. The van der Waals surface area contributed by atoms with Crippen molar-refractivity contribution in [2.24, 2.45) is 0 Å². The average Bonchev–Trinajstić information content (AvgIpc) is 2.67. The van der Waals surface area contributed by atoms with Crippen molar-refractivity contribution in [3.05, 3.63) is 88.5 Å². The fraction of sp³-hybridized carbons (Fsp3) is 0.105. The van der Waals surface area contributed by atoms with E-state index >= 15 is 0 Å². The van der Waals surface area contributed by atoms with E-state index in [1.54, 1.807) is 18.2 Å². The minimum atomic E-state index is -0.370. The first-order valence-electron chi connectivity index (χ1n) is 7.94. The molecule has 26 heavy (non-hydrogen) atoms. The summed E-state index contributed by atoms with van der Waals surface area (Å²) in [7, 11) is 0. The fourth-order valence-electron chi connectivity index (χ4n) is 2.27. The van der Waals surface area contributed by atoms with Crippen molar-refractivity contribution in [3.8, 4) is 0 Å². The summed E-state index contributed by atoms with van der Waals surface area (Å²) < 4.78 is 13.6. The van der Waals surface area contributed by atoms with Gasteiger partial charge in [0.15, 0.2) is 0 Å². The zero-order valence-electron chi connectivity index (χ0n) is 13.7. The highest BCUT2D eigenvalue weighted by Crippen LogP contribution is 2.15. The predicted octanol–water partition coefficient (Wildman–Crippen LogP) is 3.81. The molecular weight excluding hydrogens is 355 g/mol. The largest absolute Gasteiger partial charge is 0.350 e. The molecule has 132 valence electrons. The van der Waals surface area contributed by atoms with Crippen molar-refractivity contribution in [2.45, 2.75) is 13.1 Å². The zero-order chi connectivity index (χ0) is 18.4. The fourth-order valence-corrected chi connectivity index (χ4v) is 2.47. The molecule has 0 saturated carbocycles. The third kappa shape index (κ3) is 4.55. The third-order valence-electron chi connectivity index (χ3n) is 3.71. The number of benzene rings is 2. The molecule has 0 saturated heterocycles. The van der Waals surface area contributed by atoms with Gasteiger partial charge in [-0.3, -0.25) is 4.79 Å². The lowest BCUT2D eigenvalue weighted by atomic mass is 10.2. The molecule has 0 fully saturated rings. The maximum absolute atomic E-state index is 13.6. The number of hydrogen-bond acceptors (Lipinski definition) is 4. The predicted molar refractivity (Wildman–Crippen MR) is 98.4 cm³/mol. The molecule has 7 heteroatoms. The van der Waals surface area contributed by atoms with Crippen LogP contribution in [-0.4, -0.2) is 15.9 Å². The van der Waals surface area contributed by atoms with Crippen LogP contribution in [-0.2, 0) is 13.1 Å². The molecule has 2 N–H and O–H groups in total. The Morgan fingerprint density at radius 1 is 0.962 bits per heavy atom. The number of rotatable bonds is 6. The van der Waals surface area contributed by atoms with Crippen LogP contribution in [0.25, 0.3) is 0 Å². The van der Waals surface area contributed by atoms with Crippen LogP contribution in [0.4, 0.5) is 10.3 Å². The molecule has 0 bridgehead atoms. The first kappa shape index (κ1) is 17.8. The first-order chi connectivity index (χ1) is 12.6. The van der Waals surface area contributed by atoms with Crippen LogP contribution >= 0.6 is 11.6 Å². The molecule has 0 atom stereocenters. The van der Waals surface area contributed by atoms with E-state index in [2.05, 4.69) is 20.6 Å². The van der Waals surface area contributed by atoms with Gasteiger partial charge in [0.05, 0.1) is 5.56 Å². The van der Waals surface area contributed by atoms with Gasteiger partial charge in [0.2, 0.25) is 5.95 Å². The van der Waals surface area contributed by atoms with Gasteiger partial charge in [-0.15, -0.1) is 0 Å². The smallest absolute Gasteiger partial charge is 0.254 e. The highest BCUT2D eigenvalue weighted by Gasteiger charge is 2.09. The second-order valence-electron chi connectivity index (χ2n) is 5.51. The number of nitrogens with one attached hydrogen (secondary N) is 2. The van der Waals surface area contributed by atoms with Gasteiger partial charge in [0.25, 0.3) is 5.91 Å². The Balaban J connectivity index is 1.56. The van der Waals surface area contributed by atoms with Crippen LogP contribution in [0.2, 0.25) is 5.02 Å². The monoisotopic (exact) mass is 370 g/mol. The Morgan fingerprint density at radius 3 is 2.31 bits per heavy atom. The Kier molecular flexibility index (Phi) is 5.76. The van der Waals surface area contributed by atoms with Gasteiger partial charge in [-0.25, -0.2) is 14.4 Å². The molecule has 1 aromatic heterocycles. The summed E-state index contributed by atoms with van der Waals surface area (Å²) in [6.45, 7) is 0.566. The van der Waals surface area contributed by atoms with Crippen molar-refractivity contribution in [2.75, 3.05) is 5.32 Å². The summed E-state index contributed by atoms with van der Waals surface area (Å²) in [5, 5.41) is 6.35. The van der Waals surface area contributed by atoms with Crippen LogP contribution < -0.4 is 10.6 Å². The van der Waals surface area contributed by atoms with Crippen LogP contribution in [0.15, 0.2) is 60.9 Å². The van der Waals surface area contributed by atoms with E-state index in [1.807, 2.05) is 24.3 Å². The maximum Gasteiger partial charge on any atom is 0.254 e. The van der Waals surface area contributed by atoms with Crippen LogP contribution in [0.1, 0.15) is 21.5 Å². The summed E-state index contributed by atoms with van der Waals surface area (Å²) in [5.41, 5.74) is 1.63. The molecule has 2 aromatic carbocycles. The van der Waals surface area contributed by atoms with Crippen molar-refractivity contribution in [3.63, 3.8) is 0 Å². The van der Waals surface area contributed by atoms with Gasteiger partial charge < -0.3 is 10.6 Å². The number of hydrogen-bond donors (Lipinski definition) is 2. The number of nitrogens with zero attached hydrogens (tertiary/aromatic N) is 2. The van der Waals surface area contributed by atoms with Crippen LogP contribution in [0.5, 0.6) is 0 Å². The number of carbonyl (C=O) groups excluding carboxylic acids is 1. The number of amides is 1. The van der Waals surface area contributed by atoms with Gasteiger partial charge in [-0.2, -0.15) is 0 Å². The zero-order valence-corrected chi connectivity index (χ0v) is 14.5. The Hall–Kier alpha value is -2.99. The average molecular weight is 371 g/mol. The molecule has 0 unspecified atom stereocenters. The lowest BCUT2D eigenvalue weighted by molar-refractivity contribution is 0.0950.